The number of nitrogens with zero attached hydrogens (tertiary/aromatic N) is 4. The Morgan fingerprint density at radius 3 is 2.25 bits per heavy atom. The van der Waals surface area contributed by atoms with Crippen molar-refractivity contribution in [2.45, 2.75) is 77.9 Å². The number of unbranched alkanes of at least 4 members (excludes halogenated alkanes) is 2. The Kier molecular flexibility index (Phi) is 14.8. The van der Waals surface area contributed by atoms with E-state index in [9.17, 15) is 19.2 Å². The zero-order chi connectivity index (χ0) is 41.1. The van der Waals surface area contributed by atoms with E-state index in [-0.39, 0.29) is 24.0 Å². The zero-order valence-electron chi connectivity index (χ0n) is 34.6. The van der Waals surface area contributed by atoms with Crippen LogP contribution in [-0.4, -0.2) is 117 Å². The van der Waals surface area contributed by atoms with Gasteiger partial charge in [-0.2, -0.15) is 0 Å². The molecular weight excluding hydrogens is 727 g/mol. The fourth-order valence-corrected chi connectivity index (χ4v) is 6.80. The molecule has 0 bridgehead atoms. The molecule has 2 saturated heterocycles. The highest BCUT2D eigenvalue weighted by Gasteiger charge is 2.29. The molecule has 13 nitrogen and oxygen atoms in total. The molecule has 308 valence electrons. The van der Waals surface area contributed by atoms with Crippen molar-refractivity contribution in [1.29, 1.82) is 0 Å². The van der Waals surface area contributed by atoms with Crippen molar-refractivity contribution in [3.8, 4) is 17.2 Å². The molecule has 0 unspecified atom stereocenters. The first-order valence-electron chi connectivity index (χ1n) is 19.9. The third kappa shape index (κ3) is 12.1. The summed E-state index contributed by atoms with van der Waals surface area (Å²) in [5.41, 5.74) is 2.17. The minimum absolute atomic E-state index is 0.178. The number of methoxy groups -OCH3 is 1. The number of piperidine rings is 1. The van der Waals surface area contributed by atoms with Crippen molar-refractivity contribution in [2.75, 3.05) is 77.3 Å². The molecule has 2 fully saturated rings. The molecular formula is C44H59N5O8. The first kappa shape index (κ1) is 42.8. The predicted molar refractivity (Wildman–Crippen MR) is 221 cm³/mol. The Bertz CT molecular complexity index is 1860. The van der Waals surface area contributed by atoms with Crippen molar-refractivity contribution in [2.24, 2.45) is 0 Å². The Hall–Kier alpha value is -5.30. The van der Waals surface area contributed by atoms with Crippen molar-refractivity contribution >= 4 is 35.2 Å². The predicted octanol–water partition coefficient (Wildman–Crippen LogP) is 7.02. The third-order valence-corrected chi connectivity index (χ3v) is 10.1. The number of amides is 4. The molecule has 0 saturated carbocycles. The van der Waals surface area contributed by atoms with Crippen molar-refractivity contribution in [1.82, 2.24) is 14.7 Å². The monoisotopic (exact) mass is 785 g/mol. The van der Waals surface area contributed by atoms with Gasteiger partial charge in [-0.25, -0.2) is 4.79 Å². The second kappa shape index (κ2) is 19.7. The summed E-state index contributed by atoms with van der Waals surface area (Å²) in [6.45, 7) is 12.4. The van der Waals surface area contributed by atoms with E-state index < -0.39 is 11.5 Å². The highest BCUT2D eigenvalue weighted by molar-refractivity contribution is 6.09. The second-order valence-corrected chi connectivity index (χ2v) is 15.8. The number of piperazine rings is 1. The number of rotatable bonds is 14. The number of likely N-dealkylation sites (tertiary alicyclic amines) is 1. The quantitative estimate of drug-likeness (QED) is 0.171. The lowest BCUT2D eigenvalue weighted by molar-refractivity contribution is -0.132. The molecule has 0 aromatic heterocycles. The number of likely N-dealkylation sites (N-methyl/N-ethyl adjacent to an activating group) is 1. The van der Waals surface area contributed by atoms with E-state index in [0.717, 1.165) is 51.0 Å². The average Bonchev–Trinajstić information content (AvgIpc) is 3.18. The van der Waals surface area contributed by atoms with Gasteiger partial charge in [0.05, 0.1) is 30.7 Å². The minimum Gasteiger partial charge on any atom is -0.495 e. The highest BCUT2D eigenvalue weighted by Crippen LogP contribution is 2.33. The lowest BCUT2D eigenvalue weighted by Crippen LogP contribution is -2.47. The van der Waals surface area contributed by atoms with Crippen LogP contribution in [-0.2, 0) is 9.53 Å². The topological polar surface area (TPSA) is 130 Å². The van der Waals surface area contributed by atoms with Gasteiger partial charge in [0.2, 0.25) is 5.91 Å². The van der Waals surface area contributed by atoms with Crippen molar-refractivity contribution < 1.29 is 38.1 Å². The van der Waals surface area contributed by atoms with E-state index in [4.69, 9.17) is 18.9 Å². The van der Waals surface area contributed by atoms with Gasteiger partial charge in [-0.3, -0.25) is 14.4 Å². The van der Waals surface area contributed by atoms with Crippen LogP contribution in [0.4, 0.5) is 16.2 Å². The largest absolute Gasteiger partial charge is 0.495 e. The van der Waals surface area contributed by atoms with Gasteiger partial charge >= 0.3 is 6.09 Å². The number of anilines is 2. The van der Waals surface area contributed by atoms with Crippen molar-refractivity contribution in [3.05, 3.63) is 77.4 Å². The first-order chi connectivity index (χ1) is 27.2. The molecule has 13 heteroatoms. The summed E-state index contributed by atoms with van der Waals surface area (Å²) in [5, 5.41) is 2.92. The van der Waals surface area contributed by atoms with Crippen LogP contribution in [0.2, 0.25) is 0 Å². The third-order valence-electron chi connectivity index (χ3n) is 10.1. The summed E-state index contributed by atoms with van der Waals surface area (Å²) in [5.74, 6) is 0.907. The molecule has 3 aromatic carbocycles. The number of carbonyl (C=O) groups excluding carboxylic acids is 4. The number of carbonyl (C=O) groups is 4. The molecule has 5 rings (SSSR count). The maximum atomic E-state index is 13.8. The molecule has 2 aliphatic rings. The van der Waals surface area contributed by atoms with Crippen LogP contribution in [0, 0.1) is 6.92 Å². The summed E-state index contributed by atoms with van der Waals surface area (Å²) in [6, 6.07) is 17.6. The van der Waals surface area contributed by atoms with Crippen LogP contribution in [0.3, 0.4) is 0 Å². The highest BCUT2D eigenvalue weighted by atomic mass is 16.6. The summed E-state index contributed by atoms with van der Waals surface area (Å²) in [6.07, 6.45) is 3.70. The van der Waals surface area contributed by atoms with Gasteiger partial charge in [0, 0.05) is 71.1 Å². The lowest BCUT2D eigenvalue weighted by Gasteiger charge is -2.33. The van der Waals surface area contributed by atoms with Gasteiger partial charge in [-0.15, -0.1) is 0 Å². The van der Waals surface area contributed by atoms with Gasteiger partial charge in [0.1, 0.15) is 29.0 Å². The van der Waals surface area contributed by atoms with Crippen molar-refractivity contribution in [3.63, 3.8) is 0 Å². The van der Waals surface area contributed by atoms with E-state index in [0.29, 0.717) is 78.7 Å². The summed E-state index contributed by atoms with van der Waals surface area (Å²) >= 11 is 0. The fraction of sp³-hybridized carbons (Fsp3) is 0.500. The maximum Gasteiger partial charge on any atom is 0.410 e. The smallest absolute Gasteiger partial charge is 0.410 e. The van der Waals surface area contributed by atoms with Crippen LogP contribution in [0.5, 0.6) is 17.2 Å². The molecule has 57 heavy (non-hydrogen) atoms. The van der Waals surface area contributed by atoms with E-state index >= 15 is 0 Å². The molecule has 0 radical (unpaired) electrons. The van der Waals surface area contributed by atoms with E-state index in [2.05, 4.69) is 17.3 Å². The lowest BCUT2D eigenvalue weighted by atomic mass is 10.1. The number of ether oxygens (including phenoxy) is 4. The Labute approximate surface area is 337 Å². The zero-order valence-corrected chi connectivity index (χ0v) is 34.6. The average molecular weight is 786 g/mol. The normalized spacial score (nSPS) is 15.1. The summed E-state index contributed by atoms with van der Waals surface area (Å²) in [4.78, 5) is 60.0. The molecule has 1 N–H and O–H groups in total. The number of aryl methyl sites for hydroxylation is 1. The second-order valence-electron chi connectivity index (χ2n) is 15.8. The number of hydrogen-bond donors (Lipinski definition) is 1. The number of nitrogens with one attached hydrogen (secondary N) is 1. The van der Waals surface area contributed by atoms with Crippen LogP contribution < -0.4 is 24.4 Å². The summed E-state index contributed by atoms with van der Waals surface area (Å²) < 4.78 is 23.6. The first-order valence-corrected chi connectivity index (χ1v) is 19.9. The van der Waals surface area contributed by atoms with Crippen LogP contribution in [0.25, 0.3) is 0 Å². The molecule has 0 atom stereocenters. The van der Waals surface area contributed by atoms with E-state index in [1.54, 1.807) is 53.2 Å². The Morgan fingerprint density at radius 1 is 0.825 bits per heavy atom. The number of benzene rings is 3. The van der Waals surface area contributed by atoms with Crippen LogP contribution in [0.15, 0.2) is 60.7 Å². The van der Waals surface area contributed by atoms with E-state index in [1.165, 1.54) is 7.11 Å². The molecule has 2 heterocycles. The van der Waals surface area contributed by atoms with Gasteiger partial charge < -0.3 is 43.9 Å². The van der Waals surface area contributed by atoms with E-state index in [1.807, 2.05) is 56.9 Å². The van der Waals surface area contributed by atoms with Gasteiger partial charge in [0.15, 0.2) is 0 Å². The molecule has 2 aliphatic heterocycles. The molecule has 0 aliphatic carbocycles. The standard InChI is InChI=1S/C44H59N5O8/c1-31-16-19-36(39(29-31)55-28-12-8-9-15-40(50)48-26-24-46(5)25-27-48)47(6)42(52)32-17-18-35(38(30-32)54-7)45-41(51)34-13-10-11-14-37(34)56-33-20-22-49(23-21-33)43(53)57-44(2,3)4/h10-11,13-14,16-19,29-30,33H,8-9,12,15,20-28H2,1-7H3,(H,45,51). The van der Waals surface area contributed by atoms with Crippen LogP contribution >= 0.6 is 0 Å². The molecule has 0 spiro atoms. The molecule has 4 amide bonds. The SMILES string of the molecule is COc1cc(C(=O)N(C)c2ccc(C)cc2OCCCCCC(=O)N2CCN(C)CC2)ccc1NC(=O)c1ccccc1OC1CCN(C(=O)OC(C)(C)C)CC1. The number of para-hydroxylation sites is 1. The minimum atomic E-state index is -0.567. The Morgan fingerprint density at radius 2 is 1.54 bits per heavy atom. The number of hydrogen-bond acceptors (Lipinski definition) is 9. The molecule has 3 aromatic rings. The summed E-state index contributed by atoms with van der Waals surface area (Å²) in [7, 11) is 5.26. The van der Waals surface area contributed by atoms with Crippen LogP contribution in [0.1, 0.15) is 85.6 Å². The van der Waals surface area contributed by atoms with Gasteiger partial charge in [-0.1, -0.05) is 18.2 Å². The van der Waals surface area contributed by atoms with Gasteiger partial charge in [-0.05, 0) is 102 Å². The maximum absolute atomic E-state index is 13.8. The van der Waals surface area contributed by atoms with Gasteiger partial charge in [0.25, 0.3) is 11.8 Å². The Balaban J connectivity index is 1.16. The fourth-order valence-electron chi connectivity index (χ4n) is 6.80.